The van der Waals surface area contributed by atoms with Gasteiger partial charge in [0.05, 0.1) is 22.9 Å². The molecule has 0 bridgehead atoms. The fourth-order valence-electron chi connectivity index (χ4n) is 2.91. The maximum atomic E-state index is 12.5. The minimum Gasteiger partial charge on any atom is -0.350 e. The lowest BCUT2D eigenvalue weighted by atomic mass is 10.0. The Balaban J connectivity index is 1.64. The molecule has 2 N–H and O–H groups in total. The fourth-order valence-corrected chi connectivity index (χ4v) is 2.91. The van der Waals surface area contributed by atoms with Gasteiger partial charge in [0.1, 0.15) is 0 Å². The molecule has 1 aliphatic heterocycles. The number of fused-ring (bicyclic) bond motifs is 1. The molecule has 5 nitrogen and oxygen atoms in total. The minimum atomic E-state index is -0.436. The highest BCUT2D eigenvalue weighted by atomic mass is 16.2. The number of hydrogen-bond acceptors (Lipinski definition) is 3. The molecule has 5 heteroatoms. The van der Waals surface area contributed by atoms with E-state index in [2.05, 4.69) is 20.2 Å². The second kappa shape index (κ2) is 5.48. The van der Waals surface area contributed by atoms with E-state index in [1.807, 2.05) is 32.0 Å². The van der Waals surface area contributed by atoms with Gasteiger partial charge in [-0.1, -0.05) is 6.07 Å². The van der Waals surface area contributed by atoms with Gasteiger partial charge >= 0.3 is 0 Å². The van der Waals surface area contributed by atoms with Crippen molar-refractivity contribution in [3.05, 3.63) is 30.1 Å². The van der Waals surface area contributed by atoms with Gasteiger partial charge in [-0.25, -0.2) is 4.98 Å². The fraction of sp³-hybridized carbons (Fsp3) is 0.500. The standard InChI is InChI=1S/C16H22N4O/c1-16(2,20-7-3-4-8-20)15(21)17-10-12-5-6-13-14(9-12)19-11-18-13/h5-6,9,11H,3-4,7-8,10H2,1-2H3,(H,17,21)(H,18,19). The van der Waals surface area contributed by atoms with Crippen molar-refractivity contribution in [2.45, 2.75) is 38.8 Å². The van der Waals surface area contributed by atoms with Gasteiger partial charge in [0.25, 0.3) is 0 Å². The summed E-state index contributed by atoms with van der Waals surface area (Å²) >= 11 is 0. The van der Waals surface area contributed by atoms with Crippen molar-refractivity contribution in [2.75, 3.05) is 13.1 Å². The average molecular weight is 286 g/mol. The molecule has 1 fully saturated rings. The molecular formula is C16H22N4O. The molecule has 3 rings (SSSR count). The van der Waals surface area contributed by atoms with E-state index >= 15 is 0 Å². The molecule has 2 aromatic rings. The van der Waals surface area contributed by atoms with E-state index < -0.39 is 5.54 Å². The highest BCUT2D eigenvalue weighted by molar-refractivity contribution is 5.85. The number of nitrogens with zero attached hydrogens (tertiary/aromatic N) is 2. The molecule has 1 aliphatic rings. The van der Waals surface area contributed by atoms with Crippen LogP contribution in [0.2, 0.25) is 0 Å². The van der Waals surface area contributed by atoms with E-state index in [1.54, 1.807) is 6.33 Å². The number of carbonyl (C=O) groups is 1. The van der Waals surface area contributed by atoms with Crippen LogP contribution in [-0.4, -0.2) is 39.4 Å². The summed E-state index contributed by atoms with van der Waals surface area (Å²) in [7, 11) is 0. The number of rotatable bonds is 4. The first-order valence-corrected chi connectivity index (χ1v) is 7.53. The van der Waals surface area contributed by atoms with Crippen molar-refractivity contribution < 1.29 is 4.79 Å². The Bertz CT molecular complexity index is 641. The Kier molecular flexibility index (Phi) is 3.68. The largest absolute Gasteiger partial charge is 0.350 e. The van der Waals surface area contributed by atoms with Gasteiger partial charge in [-0.15, -0.1) is 0 Å². The molecule has 0 unspecified atom stereocenters. The number of aromatic nitrogens is 2. The van der Waals surface area contributed by atoms with Crippen molar-refractivity contribution in [1.82, 2.24) is 20.2 Å². The van der Waals surface area contributed by atoms with E-state index in [9.17, 15) is 4.79 Å². The van der Waals surface area contributed by atoms with E-state index in [1.165, 1.54) is 12.8 Å². The molecule has 0 atom stereocenters. The van der Waals surface area contributed by atoms with Gasteiger partial charge in [0, 0.05) is 6.54 Å². The third-order valence-electron chi connectivity index (χ3n) is 4.39. The molecule has 0 spiro atoms. The number of amides is 1. The number of imidazole rings is 1. The molecule has 0 saturated carbocycles. The van der Waals surface area contributed by atoms with Crippen molar-refractivity contribution in [1.29, 1.82) is 0 Å². The third-order valence-corrected chi connectivity index (χ3v) is 4.39. The van der Waals surface area contributed by atoms with Gasteiger partial charge in [-0.3, -0.25) is 9.69 Å². The van der Waals surface area contributed by atoms with Crippen LogP contribution in [-0.2, 0) is 11.3 Å². The lowest BCUT2D eigenvalue weighted by Crippen LogP contribution is -2.53. The molecule has 112 valence electrons. The van der Waals surface area contributed by atoms with Crippen molar-refractivity contribution in [3.63, 3.8) is 0 Å². The van der Waals surface area contributed by atoms with Crippen molar-refractivity contribution >= 4 is 16.9 Å². The minimum absolute atomic E-state index is 0.0918. The number of nitrogens with one attached hydrogen (secondary N) is 2. The second-order valence-corrected chi connectivity index (χ2v) is 6.19. The smallest absolute Gasteiger partial charge is 0.240 e. The summed E-state index contributed by atoms with van der Waals surface area (Å²) in [4.78, 5) is 22.0. The van der Waals surface area contributed by atoms with Crippen LogP contribution in [0.15, 0.2) is 24.5 Å². The SMILES string of the molecule is CC(C)(C(=O)NCc1ccc2nc[nH]c2c1)N1CCCC1. The number of aromatic amines is 1. The summed E-state index contributed by atoms with van der Waals surface area (Å²) < 4.78 is 0. The van der Waals surface area contributed by atoms with Crippen LogP contribution < -0.4 is 5.32 Å². The average Bonchev–Trinajstić information content (AvgIpc) is 3.14. The normalized spacial score (nSPS) is 16.5. The van der Waals surface area contributed by atoms with Crippen LogP contribution in [0.25, 0.3) is 11.0 Å². The Hall–Kier alpha value is -1.88. The van der Waals surface area contributed by atoms with Crippen LogP contribution in [0.5, 0.6) is 0 Å². The van der Waals surface area contributed by atoms with E-state index in [4.69, 9.17) is 0 Å². The Labute approximate surface area is 124 Å². The molecule has 1 aromatic carbocycles. The van der Waals surface area contributed by atoms with E-state index in [0.29, 0.717) is 6.54 Å². The number of likely N-dealkylation sites (tertiary alicyclic amines) is 1. The quantitative estimate of drug-likeness (QED) is 0.904. The lowest BCUT2D eigenvalue weighted by molar-refractivity contribution is -0.131. The Morgan fingerprint density at radius 3 is 2.90 bits per heavy atom. The second-order valence-electron chi connectivity index (χ2n) is 6.19. The Morgan fingerprint density at radius 1 is 1.38 bits per heavy atom. The van der Waals surface area contributed by atoms with Crippen LogP contribution in [0, 0.1) is 0 Å². The summed E-state index contributed by atoms with van der Waals surface area (Å²) in [5, 5.41) is 3.06. The molecule has 2 heterocycles. The molecular weight excluding hydrogens is 264 g/mol. The van der Waals surface area contributed by atoms with Crippen LogP contribution in [0.1, 0.15) is 32.3 Å². The van der Waals surface area contributed by atoms with Crippen molar-refractivity contribution in [2.24, 2.45) is 0 Å². The molecule has 21 heavy (non-hydrogen) atoms. The topological polar surface area (TPSA) is 61.0 Å². The van der Waals surface area contributed by atoms with Gasteiger partial charge in [-0.05, 0) is 57.5 Å². The van der Waals surface area contributed by atoms with Crippen LogP contribution >= 0.6 is 0 Å². The highest BCUT2D eigenvalue weighted by Gasteiger charge is 2.35. The van der Waals surface area contributed by atoms with E-state index in [-0.39, 0.29) is 5.91 Å². The summed E-state index contributed by atoms with van der Waals surface area (Å²) in [5.41, 5.74) is 2.59. The predicted molar refractivity (Wildman–Crippen MR) is 82.8 cm³/mol. The zero-order valence-electron chi connectivity index (χ0n) is 12.6. The summed E-state index contributed by atoms with van der Waals surface area (Å²) in [6, 6.07) is 6.01. The van der Waals surface area contributed by atoms with Gasteiger partial charge in [0.15, 0.2) is 0 Å². The predicted octanol–water partition coefficient (Wildman–Crippen LogP) is 2.05. The molecule has 1 saturated heterocycles. The van der Waals surface area contributed by atoms with Gasteiger partial charge in [-0.2, -0.15) is 0 Å². The first-order chi connectivity index (χ1) is 10.1. The highest BCUT2D eigenvalue weighted by Crippen LogP contribution is 2.21. The van der Waals surface area contributed by atoms with Gasteiger partial charge in [0.2, 0.25) is 5.91 Å². The lowest BCUT2D eigenvalue weighted by Gasteiger charge is -2.33. The first kappa shape index (κ1) is 14.1. The Morgan fingerprint density at radius 2 is 2.14 bits per heavy atom. The van der Waals surface area contributed by atoms with Crippen LogP contribution in [0.4, 0.5) is 0 Å². The number of H-pyrrole nitrogens is 1. The zero-order valence-corrected chi connectivity index (χ0v) is 12.6. The van der Waals surface area contributed by atoms with Gasteiger partial charge < -0.3 is 10.3 Å². The zero-order chi connectivity index (χ0) is 14.9. The maximum Gasteiger partial charge on any atom is 0.240 e. The monoisotopic (exact) mass is 286 g/mol. The third kappa shape index (κ3) is 2.78. The molecule has 0 radical (unpaired) electrons. The summed E-state index contributed by atoms with van der Waals surface area (Å²) in [5.74, 6) is 0.0918. The van der Waals surface area contributed by atoms with Crippen LogP contribution in [0.3, 0.4) is 0 Å². The van der Waals surface area contributed by atoms with Crippen molar-refractivity contribution in [3.8, 4) is 0 Å². The molecule has 1 amide bonds. The number of carbonyl (C=O) groups excluding carboxylic acids is 1. The van der Waals surface area contributed by atoms with E-state index in [0.717, 1.165) is 29.7 Å². The summed E-state index contributed by atoms with van der Waals surface area (Å²) in [6.07, 6.45) is 4.06. The summed E-state index contributed by atoms with van der Waals surface area (Å²) in [6.45, 7) is 6.59. The number of hydrogen-bond donors (Lipinski definition) is 2. The number of benzene rings is 1. The molecule has 0 aliphatic carbocycles. The molecule has 1 aromatic heterocycles. The maximum absolute atomic E-state index is 12.5. The first-order valence-electron chi connectivity index (χ1n) is 7.53.